The van der Waals surface area contributed by atoms with Crippen LogP contribution in [0.4, 0.5) is 0 Å². The molecule has 20 heavy (non-hydrogen) atoms. The van der Waals surface area contributed by atoms with E-state index in [9.17, 15) is 4.79 Å². The van der Waals surface area contributed by atoms with E-state index in [1.165, 1.54) is 12.1 Å². The second-order valence-electron chi connectivity index (χ2n) is 5.76. The molecule has 0 aliphatic heterocycles. The van der Waals surface area contributed by atoms with Gasteiger partial charge in [0.05, 0.1) is 5.52 Å². The van der Waals surface area contributed by atoms with Gasteiger partial charge in [0.25, 0.3) is 5.91 Å². The fourth-order valence-corrected chi connectivity index (χ4v) is 3.28. The van der Waals surface area contributed by atoms with E-state index in [1.807, 2.05) is 24.3 Å². The summed E-state index contributed by atoms with van der Waals surface area (Å²) in [6.45, 7) is 4.52. The fourth-order valence-electron chi connectivity index (χ4n) is 3.28. The summed E-state index contributed by atoms with van der Waals surface area (Å²) < 4.78 is 0. The van der Waals surface area contributed by atoms with Crippen molar-refractivity contribution in [1.29, 1.82) is 0 Å². The first kappa shape index (κ1) is 13.1. The Morgan fingerprint density at radius 2 is 2.15 bits per heavy atom. The van der Waals surface area contributed by atoms with Crippen LogP contribution >= 0.6 is 0 Å². The van der Waals surface area contributed by atoms with Crippen molar-refractivity contribution in [2.75, 3.05) is 7.05 Å². The first-order chi connectivity index (χ1) is 9.62. The smallest absolute Gasteiger partial charge is 0.251 e. The molecule has 2 aromatic rings. The predicted octanol–water partition coefficient (Wildman–Crippen LogP) is 3.28. The number of fused-ring (bicyclic) bond motifs is 1. The lowest BCUT2D eigenvalue weighted by molar-refractivity contribution is 0.0964. The molecule has 0 saturated heterocycles. The van der Waals surface area contributed by atoms with E-state index < -0.39 is 0 Å². The lowest BCUT2D eigenvalue weighted by Crippen LogP contribution is -2.18. The van der Waals surface area contributed by atoms with Crippen LogP contribution in [0, 0.1) is 5.92 Å². The number of nitrogens with zero attached hydrogens (tertiary/aromatic N) is 1. The van der Waals surface area contributed by atoms with Gasteiger partial charge >= 0.3 is 0 Å². The molecule has 104 valence electrons. The van der Waals surface area contributed by atoms with E-state index >= 15 is 0 Å². The van der Waals surface area contributed by atoms with Gasteiger partial charge in [-0.2, -0.15) is 0 Å². The van der Waals surface area contributed by atoms with Gasteiger partial charge in [0.2, 0.25) is 0 Å². The molecule has 1 aromatic heterocycles. The van der Waals surface area contributed by atoms with Crippen molar-refractivity contribution in [2.24, 2.45) is 5.92 Å². The lowest BCUT2D eigenvalue weighted by Gasteiger charge is -2.15. The summed E-state index contributed by atoms with van der Waals surface area (Å²) in [5.41, 5.74) is 3.04. The van der Waals surface area contributed by atoms with Crippen LogP contribution in [0.25, 0.3) is 10.9 Å². The van der Waals surface area contributed by atoms with E-state index in [-0.39, 0.29) is 11.3 Å². The van der Waals surface area contributed by atoms with E-state index in [4.69, 9.17) is 4.98 Å². The number of benzene rings is 1. The lowest BCUT2D eigenvalue weighted by atomic mass is 9.94. The summed E-state index contributed by atoms with van der Waals surface area (Å²) in [4.78, 5) is 16.7. The Morgan fingerprint density at radius 3 is 2.75 bits per heavy atom. The van der Waals surface area contributed by atoms with Gasteiger partial charge in [-0.1, -0.05) is 26.0 Å². The average molecular weight is 268 g/mol. The molecule has 0 spiro atoms. The van der Waals surface area contributed by atoms with Crippen molar-refractivity contribution in [3.05, 3.63) is 41.6 Å². The van der Waals surface area contributed by atoms with Crippen LogP contribution in [-0.4, -0.2) is 17.9 Å². The van der Waals surface area contributed by atoms with Crippen LogP contribution in [0.3, 0.4) is 0 Å². The largest absolute Gasteiger partial charge is 0.355 e. The third kappa shape index (κ3) is 1.80. The molecule has 1 aliphatic rings. The van der Waals surface area contributed by atoms with Gasteiger partial charge in [0.15, 0.2) is 0 Å². The summed E-state index contributed by atoms with van der Waals surface area (Å²) in [5, 5.41) is 3.61. The molecular weight excluding hydrogens is 248 g/mol. The molecule has 1 fully saturated rings. The zero-order valence-corrected chi connectivity index (χ0v) is 12.2. The summed E-state index contributed by atoms with van der Waals surface area (Å²) in [7, 11) is 1.65. The molecule has 3 rings (SSSR count). The molecule has 1 N–H and O–H groups in total. The maximum absolute atomic E-state index is 11.9. The average Bonchev–Trinajstić information content (AvgIpc) is 3.17. The van der Waals surface area contributed by atoms with Crippen molar-refractivity contribution in [3.63, 3.8) is 0 Å². The highest BCUT2D eigenvalue weighted by molar-refractivity contribution is 6.06. The number of rotatable bonds is 3. The van der Waals surface area contributed by atoms with Gasteiger partial charge < -0.3 is 5.32 Å². The highest BCUT2D eigenvalue weighted by Crippen LogP contribution is 2.55. The Kier molecular flexibility index (Phi) is 3.00. The molecule has 0 radical (unpaired) electrons. The van der Waals surface area contributed by atoms with Crippen LogP contribution in [0.5, 0.6) is 0 Å². The number of pyridine rings is 1. The topological polar surface area (TPSA) is 42.0 Å². The number of amides is 1. The number of hydrogen-bond acceptors (Lipinski definition) is 2. The summed E-state index contributed by atoms with van der Waals surface area (Å²) in [5.74, 6) is 0.648. The number of hydrogen-bond donors (Lipinski definition) is 1. The molecule has 2 atom stereocenters. The van der Waals surface area contributed by atoms with Crippen molar-refractivity contribution in [2.45, 2.75) is 32.1 Å². The third-order valence-electron chi connectivity index (χ3n) is 4.80. The first-order valence-corrected chi connectivity index (χ1v) is 7.24. The highest BCUT2D eigenvalue weighted by Gasteiger charge is 2.51. The molecular formula is C17H20N2O. The molecule has 0 bridgehead atoms. The minimum absolute atomic E-state index is 0.0601. The number of carbonyl (C=O) groups excluding carboxylic acids is 1. The fraction of sp³-hybridized carbons (Fsp3) is 0.412. The molecule has 1 heterocycles. The molecule has 1 aromatic carbocycles. The molecule has 3 nitrogen and oxygen atoms in total. The zero-order valence-electron chi connectivity index (χ0n) is 12.2. The Morgan fingerprint density at radius 1 is 1.40 bits per heavy atom. The van der Waals surface area contributed by atoms with Crippen LogP contribution < -0.4 is 5.32 Å². The van der Waals surface area contributed by atoms with Gasteiger partial charge in [0.1, 0.15) is 0 Å². The second-order valence-corrected chi connectivity index (χ2v) is 5.76. The summed E-state index contributed by atoms with van der Waals surface area (Å²) in [6.07, 6.45) is 2.35. The molecule has 1 amide bonds. The number of carbonyl (C=O) groups is 1. The van der Waals surface area contributed by atoms with Crippen LogP contribution in [0.1, 0.15) is 42.7 Å². The van der Waals surface area contributed by atoms with Crippen LogP contribution in [0.15, 0.2) is 30.3 Å². The van der Waals surface area contributed by atoms with Gasteiger partial charge in [-0.25, -0.2) is 0 Å². The summed E-state index contributed by atoms with van der Waals surface area (Å²) in [6, 6.07) is 9.88. The van der Waals surface area contributed by atoms with Crippen molar-refractivity contribution < 1.29 is 4.79 Å². The predicted molar refractivity (Wildman–Crippen MR) is 80.9 cm³/mol. The highest BCUT2D eigenvalue weighted by atomic mass is 16.1. The SMILES string of the molecule is CCC1(c2ccc3c(C(=O)NC)cccc3n2)CC1C. The third-order valence-corrected chi connectivity index (χ3v) is 4.80. The minimum Gasteiger partial charge on any atom is -0.355 e. The standard InChI is InChI=1S/C17H20N2O/c1-4-17(10-11(17)2)15-9-8-12-13(16(20)18-3)6-5-7-14(12)19-15/h5-9,11H,4,10H2,1-3H3,(H,18,20). The van der Waals surface area contributed by atoms with Crippen molar-refractivity contribution in [3.8, 4) is 0 Å². The second kappa shape index (κ2) is 4.58. The maximum atomic E-state index is 11.9. The molecule has 3 heteroatoms. The monoisotopic (exact) mass is 268 g/mol. The van der Waals surface area contributed by atoms with Crippen molar-refractivity contribution >= 4 is 16.8 Å². The normalized spacial score (nSPS) is 24.6. The summed E-state index contributed by atoms with van der Waals surface area (Å²) >= 11 is 0. The molecule has 1 aliphatic carbocycles. The molecule has 1 saturated carbocycles. The number of nitrogens with one attached hydrogen (secondary N) is 1. The first-order valence-electron chi connectivity index (χ1n) is 7.24. The Bertz CT molecular complexity index is 676. The van der Waals surface area contributed by atoms with Crippen LogP contribution in [0.2, 0.25) is 0 Å². The van der Waals surface area contributed by atoms with Crippen LogP contribution in [-0.2, 0) is 5.41 Å². The van der Waals surface area contributed by atoms with Gasteiger partial charge in [-0.05, 0) is 37.0 Å². The zero-order chi connectivity index (χ0) is 14.3. The Labute approximate surface area is 119 Å². The quantitative estimate of drug-likeness (QED) is 0.928. The number of aromatic nitrogens is 1. The van der Waals surface area contributed by atoms with E-state index in [2.05, 4.69) is 25.2 Å². The Balaban J connectivity index is 2.12. The van der Waals surface area contributed by atoms with Crippen molar-refractivity contribution in [1.82, 2.24) is 10.3 Å². The maximum Gasteiger partial charge on any atom is 0.251 e. The minimum atomic E-state index is -0.0601. The van der Waals surface area contributed by atoms with E-state index in [0.29, 0.717) is 11.5 Å². The van der Waals surface area contributed by atoms with Gasteiger partial charge in [-0.15, -0.1) is 0 Å². The molecule has 2 unspecified atom stereocenters. The van der Waals surface area contributed by atoms with E-state index in [1.54, 1.807) is 7.05 Å². The van der Waals surface area contributed by atoms with E-state index in [0.717, 1.165) is 17.3 Å². The van der Waals surface area contributed by atoms with Gasteiger partial charge in [0, 0.05) is 29.1 Å². The van der Waals surface area contributed by atoms with Gasteiger partial charge in [-0.3, -0.25) is 9.78 Å². The Hall–Kier alpha value is -1.90.